The first kappa shape index (κ1) is 13.3. The molecule has 0 unspecified atom stereocenters. The van der Waals surface area contributed by atoms with E-state index in [9.17, 15) is 9.18 Å². The largest absolute Gasteiger partial charge is 0.334 e. The van der Waals surface area contributed by atoms with Crippen molar-refractivity contribution in [2.24, 2.45) is 0 Å². The molecule has 3 rings (SSSR count). The third-order valence-electron chi connectivity index (χ3n) is 3.48. The molecule has 1 fully saturated rings. The highest BCUT2D eigenvalue weighted by molar-refractivity contribution is 7.09. The SMILES string of the molecule is O=C(Cc1ccc(F)cc1)N(Cc1cccs1)C1CC1. The van der Waals surface area contributed by atoms with Crippen LogP contribution in [-0.2, 0) is 17.8 Å². The first-order chi connectivity index (χ1) is 9.72. The lowest BCUT2D eigenvalue weighted by Gasteiger charge is -2.22. The maximum atomic E-state index is 12.9. The van der Waals surface area contributed by atoms with Gasteiger partial charge in [-0.1, -0.05) is 18.2 Å². The molecule has 0 atom stereocenters. The Labute approximate surface area is 121 Å². The van der Waals surface area contributed by atoms with Gasteiger partial charge >= 0.3 is 0 Å². The Balaban J connectivity index is 1.67. The van der Waals surface area contributed by atoms with Crippen LogP contribution >= 0.6 is 11.3 Å². The third-order valence-corrected chi connectivity index (χ3v) is 4.34. The number of rotatable bonds is 5. The van der Waals surface area contributed by atoms with E-state index in [1.807, 2.05) is 16.3 Å². The molecule has 0 aliphatic heterocycles. The third kappa shape index (κ3) is 3.25. The molecule has 104 valence electrons. The summed E-state index contributed by atoms with van der Waals surface area (Å²) in [6, 6.07) is 10.6. The van der Waals surface area contributed by atoms with Gasteiger partial charge in [0, 0.05) is 10.9 Å². The first-order valence-corrected chi connectivity index (χ1v) is 7.66. The van der Waals surface area contributed by atoms with Crippen molar-refractivity contribution in [3.05, 3.63) is 58.0 Å². The van der Waals surface area contributed by atoms with Crippen molar-refractivity contribution >= 4 is 17.2 Å². The number of carbonyl (C=O) groups excluding carboxylic acids is 1. The van der Waals surface area contributed by atoms with Crippen molar-refractivity contribution < 1.29 is 9.18 Å². The van der Waals surface area contributed by atoms with Gasteiger partial charge < -0.3 is 4.90 Å². The number of hydrogen-bond acceptors (Lipinski definition) is 2. The van der Waals surface area contributed by atoms with E-state index in [0.717, 1.165) is 18.4 Å². The molecule has 1 saturated carbocycles. The normalized spacial score (nSPS) is 14.2. The molecule has 0 bridgehead atoms. The average molecular weight is 289 g/mol. The van der Waals surface area contributed by atoms with Gasteiger partial charge in [-0.15, -0.1) is 11.3 Å². The molecule has 1 heterocycles. The highest BCUT2D eigenvalue weighted by Crippen LogP contribution is 2.29. The minimum absolute atomic E-state index is 0.132. The molecule has 0 spiro atoms. The van der Waals surface area contributed by atoms with Gasteiger partial charge in [0.1, 0.15) is 5.82 Å². The molecule has 2 nitrogen and oxygen atoms in total. The zero-order valence-electron chi connectivity index (χ0n) is 11.1. The van der Waals surface area contributed by atoms with Crippen LogP contribution < -0.4 is 0 Å². The summed E-state index contributed by atoms with van der Waals surface area (Å²) in [6.07, 6.45) is 2.54. The topological polar surface area (TPSA) is 20.3 Å². The van der Waals surface area contributed by atoms with Gasteiger partial charge in [-0.05, 0) is 42.0 Å². The molecule has 4 heteroatoms. The Morgan fingerprint density at radius 2 is 2.00 bits per heavy atom. The van der Waals surface area contributed by atoms with Crippen LogP contribution in [0.3, 0.4) is 0 Å². The number of hydrogen-bond donors (Lipinski definition) is 0. The molecule has 20 heavy (non-hydrogen) atoms. The molecule has 0 N–H and O–H groups in total. The second kappa shape index (κ2) is 5.75. The Kier molecular flexibility index (Phi) is 3.83. The average Bonchev–Trinajstić information content (AvgIpc) is 3.15. The van der Waals surface area contributed by atoms with Crippen LogP contribution in [0.2, 0.25) is 0 Å². The second-order valence-electron chi connectivity index (χ2n) is 5.14. The summed E-state index contributed by atoms with van der Waals surface area (Å²) >= 11 is 1.68. The Hall–Kier alpha value is -1.68. The van der Waals surface area contributed by atoms with Gasteiger partial charge in [-0.25, -0.2) is 4.39 Å². The minimum atomic E-state index is -0.265. The molecular weight excluding hydrogens is 273 g/mol. The van der Waals surface area contributed by atoms with Gasteiger partial charge in [0.05, 0.1) is 13.0 Å². The van der Waals surface area contributed by atoms with E-state index in [-0.39, 0.29) is 11.7 Å². The van der Waals surface area contributed by atoms with Crippen LogP contribution in [0.4, 0.5) is 4.39 Å². The summed E-state index contributed by atoms with van der Waals surface area (Å²) in [4.78, 5) is 15.6. The smallest absolute Gasteiger partial charge is 0.227 e. The van der Waals surface area contributed by atoms with Gasteiger partial charge in [-0.2, -0.15) is 0 Å². The molecule has 1 aliphatic rings. The second-order valence-corrected chi connectivity index (χ2v) is 6.17. The summed E-state index contributed by atoms with van der Waals surface area (Å²) in [5.41, 5.74) is 0.869. The molecule has 1 amide bonds. The summed E-state index contributed by atoms with van der Waals surface area (Å²) in [5.74, 6) is -0.133. The molecule has 1 aliphatic carbocycles. The van der Waals surface area contributed by atoms with Crippen LogP contribution in [0.5, 0.6) is 0 Å². The lowest BCUT2D eigenvalue weighted by molar-refractivity contribution is -0.131. The minimum Gasteiger partial charge on any atom is -0.334 e. The van der Waals surface area contributed by atoms with E-state index in [1.54, 1.807) is 23.5 Å². The molecule has 1 aromatic heterocycles. The van der Waals surface area contributed by atoms with Crippen molar-refractivity contribution in [3.63, 3.8) is 0 Å². The van der Waals surface area contributed by atoms with E-state index in [2.05, 4.69) is 6.07 Å². The van der Waals surface area contributed by atoms with Crippen molar-refractivity contribution in [1.29, 1.82) is 0 Å². The maximum absolute atomic E-state index is 12.9. The maximum Gasteiger partial charge on any atom is 0.227 e. The van der Waals surface area contributed by atoms with Gasteiger partial charge in [0.25, 0.3) is 0 Å². The standard InChI is InChI=1S/C16H16FNOS/c17-13-5-3-12(4-6-13)10-16(19)18(14-7-8-14)11-15-2-1-9-20-15/h1-6,9,14H,7-8,10-11H2. The van der Waals surface area contributed by atoms with E-state index in [1.165, 1.54) is 17.0 Å². The zero-order valence-corrected chi connectivity index (χ0v) is 11.9. The van der Waals surface area contributed by atoms with Crippen LogP contribution in [0.15, 0.2) is 41.8 Å². The highest BCUT2D eigenvalue weighted by Gasteiger charge is 2.32. The first-order valence-electron chi connectivity index (χ1n) is 6.78. The van der Waals surface area contributed by atoms with Gasteiger partial charge in [-0.3, -0.25) is 4.79 Å². The predicted molar refractivity (Wildman–Crippen MR) is 78.0 cm³/mol. The molecule has 0 radical (unpaired) electrons. The van der Waals surface area contributed by atoms with Crippen LogP contribution in [0.25, 0.3) is 0 Å². The monoisotopic (exact) mass is 289 g/mol. The van der Waals surface area contributed by atoms with E-state index in [0.29, 0.717) is 19.0 Å². The fraction of sp³-hybridized carbons (Fsp3) is 0.312. The van der Waals surface area contributed by atoms with Gasteiger partial charge in [0.15, 0.2) is 0 Å². The van der Waals surface area contributed by atoms with Crippen LogP contribution in [0, 0.1) is 5.82 Å². The van der Waals surface area contributed by atoms with Crippen LogP contribution in [0.1, 0.15) is 23.3 Å². The summed E-state index contributed by atoms with van der Waals surface area (Å²) in [6.45, 7) is 0.697. The number of thiophene rings is 1. The van der Waals surface area contributed by atoms with E-state index >= 15 is 0 Å². The zero-order chi connectivity index (χ0) is 13.9. The molecule has 0 saturated heterocycles. The van der Waals surface area contributed by atoms with Crippen molar-refractivity contribution in [2.75, 3.05) is 0 Å². The van der Waals surface area contributed by atoms with Gasteiger partial charge in [0.2, 0.25) is 5.91 Å². The predicted octanol–water partition coefficient (Wildman–Crippen LogP) is 3.62. The fourth-order valence-electron chi connectivity index (χ4n) is 2.26. The molecular formula is C16H16FNOS. The number of nitrogens with zero attached hydrogens (tertiary/aromatic N) is 1. The number of halogens is 1. The number of carbonyl (C=O) groups is 1. The van der Waals surface area contributed by atoms with E-state index < -0.39 is 0 Å². The van der Waals surface area contributed by atoms with Crippen molar-refractivity contribution in [3.8, 4) is 0 Å². The van der Waals surface area contributed by atoms with Crippen LogP contribution in [-0.4, -0.2) is 16.8 Å². The molecule has 1 aromatic carbocycles. The molecule has 2 aromatic rings. The van der Waals surface area contributed by atoms with Crippen molar-refractivity contribution in [1.82, 2.24) is 4.90 Å². The Morgan fingerprint density at radius 1 is 1.25 bits per heavy atom. The fourth-order valence-corrected chi connectivity index (χ4v) is 2.96. The number of benzene rings is 1. The highest BCUT2D eigenvalue weighted by atomic mass is 32.1. The van der Waals surface area contributed by atoms with E-state index in [4.69, 9.17) is 0 Å². The summed E-state index contributed by atoms with van der Waals surface area (Å²) in [7, 11) is 0. The quantitative estimate of drug-likeness (QED) is 0.823. The summed E-state index contributed by atoms with van der Waals surface area (Å²) < 4.78 is 12.9. The lowest BCUT2D eigenvalue weighted by atomic mass is 10.1. The lowest BCUT2D eigenvalue weighted by Crippen LogP contribution is -2.33. The Bertz CT molecular complexity index is 575. The Morgan fingerprint density at radius 3 is 2.60 bits per heavy atom. The number of amides is 1. The summed E-state index contributed by atoms with van der Waals surface area (Å²) in [5, 5.41) is 2.03. The van der Waals surface area contributed by atoms with Crippen molar-refractivity contribution in [2.45, 2.75) is 31.8 Å².